The molecule has 1 aromatic carbocycles. The first-order valence-corrected chi connectivity index (χ1v) is 4.87. The number of nitrogens with zero attached hydrogens (tertiary/aromatic N) is 1. The minimum atomic E-state index is 0.662. The standard InChI is InChI=1S/C8H7ClN2S/c9-5-1-2-7-6(3-5)11-8(10)4-12-7/h1-3H,4H2,(H2,10,11). The quantitative estimate of drug-likeness (QED) is 0.696. The summed E-state index contributed by atoms with van der Waals surface area (Å²) >= 11 is 7.50. The number of thioether (sulfide) groups is 1. The van der Waals surface area contributed by atoms with Gasteiger partial charge in [0.2, 0.25) is 0 Å². The maximum atomic E-state index is 5.81. The van der Waals surface area contributed by atoms with E-state index in [0.29, 0.717) is 10.9 Å². The second kappa shape index (κ2) is 2.99. The van der Waals surface area contributed by atoms with Crippen molar-refractivity contribution < 1.29 is 0 Å². The largest absolute Gasteiger partial charge is 0.386 e. The van der Waals surface area contributed by atoms with E-state index in [9.17, 15) is 0 Å². The molecule has 1 aliphatic rings. The highest BCUT2D eigenvalue weighted by molar-refractivity contribution is 8.00. The SMILES string of the molecule is NC1=Nc2cc(Cl)ccc2SC1. The molecule has 0 atom stereocenters. The van der Waals surface area contributed by atoms with Gasteiger partial charge in [-0.15, -0.1) is 11.8 Å². The Bertz CT molecular complexity index is 349. The van der Waals surface area contributed by atoms with Crippen molar-refractivity contribution in [3.05, 3.63) is 23.2 Å². The summed E-state index contributed by atoms with van der Waals surface area (Å²) in [5, 5.41) is 0.702. The monoisotopic (exact) mass is 198 g/mol. The van der Waals surface area contributed by atoms with Crippen LogP contribution < -0.4 is 5.73 Å². The number of amidine groups is 1. The number of halogens is 1. The maximum Gasteiger partial charge on any atom is 0.110 e. The first-order chi connectivity index (χ1) is 5.75. The Balaban J connectivity index is 2.53. The normalized spacial score (nSPS) is 15.2. The molecule has 12 heavy (non-hydrogen) atoms. The molecule has 1 aliphatic heterocycles. The summed E-state index contributed by atoms with van der Waals surface area (Å²) in [5.74, 6) is 1.43. The average molecular weight is 199 g/mol. The predicted octanol–water partition coefficient (Wildman–Crippen LogP) is 2.43. The molecule has 0 bridgehead atoms. The summed E-state index contributed by atoms with van der Waals surface area (Å²) in [6.07, 6.45) is 0. The highest BCUT2D eigenvalue weighted by atomic mass is 35.5. The molecule has 0 aliphatic carbocycles. The van der Waals surface area contributed by atoms with Crippen molar-refractivity contribution in [3.8, 4) is 0 Å². The smallest absolute Gasteiger partial charge is 0.110 e. The Morgan fingerprint density at radius 3 is 3.17 bits per heavy atom. The van der Waals surface area contributed by atoms with Crippen LogP contribution in [0.2, 0.25) is 5.02 Å². The van der Waals surface area contributed by atoms with Crippen molar-refractivity contribution >= 4 is 34.9 Å². The molecule has 2 rings (SSSR count). The Hall–Kier alpha value is -0.670. The molecule has 1 heterocycles. The number of fused-ring (bicyclic) bond motifs is 1. The summed E-state index contributed by atoms with van der Waals surface area (Å²) in [4.78, 5) is 5.34. The Kier molecular flexibility index (Phi) is 1.98. The van der Waals surface area contributed by atoms with Crippen LogP contribution in [-0.4, -0.2) is 11.6 Å². The van der Waals surface area contributed by atoms with Gasteiger partial charge < -0.3 is 5.73 Å². The van der Waals surface area contributed by atoms with Crippen LogP contribution in [0, 0.1) is 0 Å². The van der Waals surface area contributed by atoms with E-state index >= 15 is 0 Å². The molecule has 0 spiro atoms. The van der Waals surface area contributed by atoms with E-state index in [2.05, 4.69) is 4.99 Å². The minimum Gasteiger partial charge on any atom is -0.386 e. The molecule has 0 unspecified atom stereocenters. The van der Waals surface area contributed by atoms with Crippen molar-refractivity contribution in [2.24, 2.45) is 10.7 Å². The second-order valence-electron chi connectivity index (χ2n) is 2.50. The van der Waals surface area contributed by atoms with Crippen LogP contribution in [0.25, 0.3) is 0 Å². The molecule has 0 amide bonds. The lowest BCUT2D eigenvalue weighted by Crippen LogP contribution is -2.16. The molecule has 0 fully saturated rings. The van der Waals surface area contributed by atoms with E-state index in [1.165, 1.54) is 0 Å². The zero-order chi connectivity index (χ0) is 8.55. The van der Waals surface area contributed by atoms with E-state index in [1.807, 2.05) is 18.2 Å². The molecule has 62 valence electrons. The number of aliphatic imine (C=N–C) groups is 1. The van der Waals surface area contributed by atoms with Gasteiger partial charge >= 0.3 is 0 Å². The minimum absolute atomic E-state index is 0.662. The number of benzene rings is 1. The zero-order valence-corrected chi connectivity index (χ0v) is 7.82. The summed E-state index contributed by atoms with van der Waals surface area (Å²) in [5.41, 5.74) is 6.47. The molecule has 0 radical (unpaired) electrons. The van der Waals surface area contributed by atoms with Gasteiger partial charge in [0, 0.05) is 9.92 Å². The zero-order valence-electron chi connectivity index (χ0n) is 6.25. The molecular weight excluding hydrogens is 192 g/mol. The van der Waals surface area contributed by atoms with Gasteiger partial charge in [-0.2, -0.15) is 0 Å². The first kappa shape index (κ1) is 7.95. The van der Waals surface area contributed by atoms with E-state index in [0.717, 1.165) is 16.3 Å². The van der Waals surface area contributed by atoms with Gasteiger partial charge in [0.25, 0.3) is 0 Å². The topological polar surface area (TPSA) is 38.4 Å². The number of hydrogen-bond acceptors (Lipinski definition) is 3. The number of rotatable bonds is 0. The fourth-order valence-corrected chi connectivity index (χ4v) is 1.99. The summed E-state index contributed by atoms with van der Waals surface area (Å²) in [7, 11) is 0. The summed E-state index contributed by atoms with van der Waals surface area (Å²) in [6.45, 7) is 0. The molecule has 0 aromatic heterocycles. The lowest BCUT2D eigenvalue weighted by molar-refractivity contribution is 1.33. The molecule has 4 heteroatoms. The third kappa shape index (κ3) is 1.42. The van der Waals surface area contributed by atoms with Crippen LogP contribution in [-0.2, 0) is 0 Å². The van der Waals surface area contributed by atoms with Gasteiger partial charge in [-0.05, 0) is 18.2 Å². The van der Waals surface area contributed by atoms with Crippen molar-refractivity contribution in [3.63, 3.8) is 0 Å². The molecule has 2 N–H and O–H groups in total. The van der Waals surface area contributed by atoms with Crippen LogP contribution in [0.15, 0.2) is 28.1 Å². The molecule has 2 nitrogen and oxygen atoms in total. The van der Waals surface area contributed by atoms with Crippen molar-refractivity contribution in [1.82, 2.24) is 0 Å². The Morgan fingerprint density at radius 2 is 2.33 bits per heavy atom. The van der Waals surface area contributed by atoms with E-state index in [-0.39, 0.29) is 0 Å². The van der Waals surface area contributed by atoms with Gasteiger partial charge in [0.1, 0.15) is 5.84 Å². The van der Waals surface area contributed by atoms with Gasteiger partial charge in [-0.25, -0.2) is 4.99 Å². The molecule has 0 saturated carbocycles. The lowest BCUT2D eigenvalue weighted by Gasteiger charge is -2.11. The highest BCUT2D eigenvalue weighted by Crippen LogP contribution is 2.34. The van der Waals surface area contributed by atoms with Crippen LogP contribution in [0.4, 0.5) is 5.69 Å². The molecular formula is C8H7ClN2S. The number of nitrogens with two attached hydrogens (primary N) is 1. The molecule has 0 saturated heterocycles. The van der Waals surface area contributed by atoms with Crippen LogP contribution >= 0.6 is 23.4 Å². The third-order valence-corrected chi connectivity index (χ3v) is 2.89. The van der Waals surface area contributed by atoms with Crippen LogP contribution in [0.5, 0.6) is 0 Å². The highest BCUT2D eigenvalue weighted by Gasteiger charge is 2.09. The third-order valence-electron chi connectivity index (χ3n) is 1.56. The Labute approximate surface area is 79.8 Å². The van der Waals surface area contributed by atoms with Crippen molar-refractivity contribution in [1.29, 1.82) is 0 Å². The first-order valence-electron chi connectivity index (χ1n) is 3.51. The van der Waals surface area contributed by atoms with E-state index in [1.54, 1.807) is 11.8 Å². The van der Waals surface area contributed by atoms with Crippen LogP contribution in [0.3, 0.4) is 0 Å². The predicted molar refractivity (Wildman–Crippen MR) is 53.5 cm³/mol. The van der Waals surface area contributed by atoms with Gasteiger partial charge in [-0.1, -0.05) is 11.6 Å². The summed E-state index contributed by atoms with van der Waals surface area (Å²) in [6, 6.07) is 5.67. The van der Waals surface area contributed by atoms with Gasteiger partial charge in [-0.3, -0.25) is 0 Å². The van der Waals surface area contributed by atoms with Crippen molar-refractivity contribution in [2.75, 3.05) is 5.75 Å². The maximum absolute atomic E-state index is 5.81. The average Bonchev–Trinajstić information content (AvgIpc) is 2.03. The number of hydrogen-bond donors (Lipinski definition) is 1. The Morgan fingerprint density at radius 1 is 1.50 bits per heavy atom. The lowest BCUT2D eigenvalue weighted by atomic mass is 10.3. The van der Waals surface area contributed by atoms with Gasteiger partial charge in [0.15, 0.2) is 0 Å². The molecule has 1 aromatic rings. The fourth-order valence-electron chi connectivity index (χ4n) is 1.04. The van der Waals surface area contributed by atoms with E-state index < -0.39 is 0 Å². The van der Waals surface area contributed by atoms with Gasteiger partial charge in [0.05, 0.1) is 11.4 Å². The second-order valence-corrected chi connectivity index (χ2v) is 3.96. The van der Waals surface area contributed by atoms with Crippen LogP contribution in [0.1, 0.15) is 0 Å². The fraction of sp³-hybridized carbons (Fsp3) is 0.125. The van der Waals surface area contributed by atoms with Crippen molar-refractivity contribution in [2.45, 2.75) is 4.90 Å². The van der Waals surface area contributed by atoms with E-state index in [4.69, 9.17) is 17.3 Å². The summed E-state index contributed by atoms with van der Waals surface area (Å²) < 4.78 is 0.